The summed E-state index contributed by atoms with van der Waals surface area (Å²) in [7, 11) is 0. The van der Waals surface area contributed by atoms with Crippen LogP contribution in [0.2, 0.25) is 0 Å². The van der Waals surface area contributed by atoms with Crippen LogP contribution in [-0.4, -0.2) is 39.9 Å². The van der Waals surface area contributed by atoms with E-state index in [-0.39, 0.29) is 24.0 Å². The quantitative estimate of drug-likeness (QED) is 0.658. The van der Waals surface area contributed by atoms with E-state index in [1.807, 2.05) is 6.92 Å². The number of ether oxygens (including phenoxy) is 1. The van der Waals surface area contributed by atoms with Crippen LogP contribution in [0.25, 0.3) is 0 Å². The van der Waals surface area contributed by atoms with Gasteiger partial charge in [0, 0.05) is 32.0 Å². The molecule has 6 heteroatoms. The lowest BCUT2D eigenvalue weighted by Gasteiger charge is -2.26. The fraction of sp³-hybridized carbons (Fsp3) is 0.600. The molecular weight excluding hydrogens is 210 g/mol. The molecule has 1 aromatic heterocycles. The van der Waals surface area contributed by atoms with Crippen molar-refractivity contribution in [2.75, 3.05) is 18.5 Å². The Balaban J connectivity index is 2.02. The Hall–Kier alpha value is -1.40. The van der Waals surface area contributed by atoms with Crippen LogP contribution in [0.15, 0.2) is 17.2 Å². The van der Waals surface area contributed by atoms with Crippen molar-refractivity contribution in [3.63, 3.8) is 0 Å². The molecule has 3 N–H and O–H groups in total. The summed E-state index contributed by atoms with van der Waals surface area (Å²) in [5, 5.41) is 13.0. The molecule has 1 aromatic rings. The number of rotatable bonds is 3. The molecule has 0 amide bonds. The summed E-state index contributed by atoms with van der Waals surface area (Å²) in [6, 6.07) is 0. The van der Waals surface area contributed by atoms with Gasteiger partial charge in [0.05, 0.1) is 6.10 Å². The van der Waals surface area contributed by atoms with Gasteiger partial charge in [0.1, 0.15) is 5.60 Å². The largest absolute Gasteiger partial charge is 0.385 e. The topological polar surface area (TPSA) is 87.2 Å². The van der Waals surface area contributed by atoms with Crippen LogP contribution in [0.1, 0.15) is 13.3 Å². The van der Waals surface area contributed by atoms with Crippen molar-refractivity contribution < 1.29 is 9.84 Å². The second-order valence-electron chi connectivity index (χ2n) is 3.99. The Morgan fingerprint density at radius 3 is 3.25 bits per heavy atom. The molecule has 16 heavy (non-hydrogen) atoms. The summed E-state index contributed by atoms with van der Waals surface area (Å²) in [4.78, 5) is 17.7. The van der Waals surface area contributed by atoms with Crippen LogP contribution in [0.4, 0.5) is 5.82 Å². The van der Waals surface area contributed by atoms with E-state index in [0.29, 0.717) is 13.0 Å². The summed E-state index contributed by atoms with van der Waals surface area (Å²) in [5.41, 5.74) is -1.22. The molecule has 1 aliphatic rings. The van der Waals surface area contributed by atoms with Crippen molar-refractivity contribution in [2.24, 2.45) is 0 Å². The molecule has 88 valence electrons. The second-order valence-corrected chi connectivity index (χ2v) is 3.99. The van der Waals surface area contributed by atoms with E-state index < -0.39 is 5.60 Å². The molecule has 1 saturated heterocycles. The highest BCUT2D eigenvalue weighted by Gasteiger charge is 2.39. The van der Waals surface area contributed by atoms with Crippen LogP contribution in [0, 0.1) is 0 Å². The van der Waals surface area contributed by atoms with Crippen LogP contribution in [0.5, 0.6) is 0 Å². The number of hydrogen-bond acceptors (Lipinski definition) is 5. The maximum atomic E-state index is 11.3. The first kappa shape index (κ1) is 11.1. The van der Waals surface area contributed by atoms with E-state index in [1.165, 1.54) is 12.4 Å². The third-order valence-corrected chi connectivity index (χ3v) is 2.93. The van der Waals surface area contributed by atoms with Crippen LogP contribution in [0.3, 0.4) is 0 Å². The smallest absolute Gasteiger partial charge is 0.290 e. The Kier molecular flexibility index (Phi) is 2.93. The highest BCUT2D eigenvalue weighted by atomic mass is 16.5. The maximum Gasteiger partial charge on any atom is 0.290 e. The van der Waals surface area contributed by atoms with Crippen LogP contribution < -0.4 is 10.9 Å². The summed E-state index contributed by atoms with van der Waals surface area (Å²) in [5.74, 6) is 0.218. The molecule has 2 unspecified atom stereocenters. The minimum absolute atomic E-state index is 0.218. The molecule has 0 saturated carbocycles. The summed E-state index contributed by atoms with van der Waals surface area (Å²) in [6.45, 7) is 2.61. The van der Waals surface area contributed by atoms with Gasteiger partial charge >= 0.3 is 0 Å². The number of nitrogens with zero attached hydrogens (tertiary/aromatic N) is 1. The van der Waals surface area contributed by atoms with Crippen molar-refractivity contribution in [1.29, 1.82) is 0 Å². The van der Waals surface area contributed by atoms with Crippen LogP contribution >= 0.6 is 0 Å². The van der Waals surface area contributed by atoms with E-state index in [0.717, 1.165) is 0 Å². The van der Waals surface area contributed by atoms with E-state index in [1.54, 1.807) is 0 Å². The molecule has 0 radical (unpaired) electrons. The fourth-order valence-corrected chi connectivity index (χ4v) is 1.72. The van der Waals surface area contributed by atoms with Gasteiger partial charge in [-0.1, -0.05) is 0 Å². The minimum Gasteiger partial charge on any atom is -0.385 e. The number of aliphatic hydroxyl groups is 1. The second kappa shape index (κ2) is 4.23. The van der Waals surface area contributed by atoms with Gasteiger partial charge in [0.15, 0.2) is 5.82 Å². The predicted octanol–water partition coefficient (Wildman–Crippen LogP) is -0.278. The number of nitrogens with one attached hydrogen (secondary N) is 2. The average molecular weight is 225 g/mol. The number of hydrogen-bond donors (Lipinski definition) is 3. The van der Waals surface area contributed by atoms with E-state index in [9.17, 15) is 9.90 Å². The monoisotopic (exact) mass is 225 g/mol. The number of aromatic nitrogens is 2. The average Bonchev–Trinajstić information content (AvgIpc) is 2.59. The Labute approximate surface area is 92.7 Å². The number of anilines is 1. The zero-order valence-electron chi connectivity index (χ0n) is 9.06. The van der Waals surface area contributed by atoms with E-state index in [4.69, 9.17) is 4.74 Å². The predicted molar refractivity (Wildman–Crippen MR) is 58.3 cm³/mol. The summed E-state index contributed by atoms with van der Waals surface area (Å²) < 4.78 is 5.29. The third-order valence-electron chi connectivity index (χ3n) is 2.93. The Morgan fingerprint density at radius 1 is 1.81 bits per heavy atom. The first-order chi connectivity index (χ1) is 7.62. The minimum atomic E-state index is -0.927. The molecule has 1 fully saturated rings. The normalized spacial score (nSPS) is 29.2. The van der Waals surface area contributed by atoms with Crippen molar-refractivity contribution >= 4 is 5.82 Å². The highest BCUT2D eigenvalue weighted by Crippen LogP contribution is 2.25. The third kappa shape index (κ3) is 2.07. The molecule has 2 heterocycles. The molecule has 0 bridgehead atoms. The Morgan fingerprint density at radius 2 is 2.62 bits per heavy atom. The van der Waals surface area contributed by atoms with Crippen molar-refractivity contribution in [3.05, 3.63) is 22.7 Å². The molecule has 6 nitrogen and oxygen atoms in total. The van der Waals surface area contributed by atoms with Gasteiger partial charge in [0.25, 0.3) is 5.56 Å². The Bertz CT molecular complexity index is 420. The SMILES string of the molecule is CC1OCCC1(O)CNc1ncc[nH]c1=O. The van der Waals surface area contributed by atoms with Crippen molar-refractivity contribution in [1.82, 2.24) is 9.97 Å². The van der Waals surface area contributed by atoms with E-state index >= 15 is 0 Å². The fourth-order valence-electron chi connectivity index (χ4n) is 1.72. The zero-order valence-corrected chi connectivity index (χ0v) is 9.06. The first-order valence-corrected chi connectivity index (χ1v) is 5.23. The molecule has 2 rings (SSSR count). The van der Waals surface area contributed by atoms with Crippen molar-refractivity contribution in [3.8, 4) is 0 Å². The van der Waals surface area contributed by atoms with Crippen LogP contribution in [-0.2, 0) is 4.74 Å². The lowest BCUT2D eigenvalue weighted by Crippen LogP contribution is -2.43. The molecular formula is C10H15N3O3. The molecule has 0 aliphatic carbocycles. The van der Waals surface area contributed by atoms with Gasteiger partial charge < -0.3 is 20.1 Å². The summed E-state index contributed by atoms with van der Waals surface area (Å²) in [6.07, 6.45) is 3.28. The maximum absolute atomic E-state index is 11.3. The molecule has 2 atom stereocenters. The first-order valence-electron chi connectivity index (χ1n) is 5.23. The van der Waals surface area contributed by atoms with E-state index in [2.05, 4.69) is 15.3 Å². The zero-order chi connectivity index (χ0) is 11.6. The summed E-state index contributed by atoms with van der Waals surface area (Å²) >= 11 is 0. The number of aromatic amines is 1. The van der Waals surface area contributed by atoms with Gasteiger partial charge in [-0.2, -0.15) is 0 Å². The lowest BCUT2D eigenvalue weighted by atomic mass is 9.97. The molecule has 1 aliphatic heterocycles. The van der Waals surface area contributed by atoms with Gasteiger partial charge in [-0.25, -0.2) is 4.98 Å². The van der Waals surface area contributed by atoms with Gasteiger partial charge in [-0.05, 0) is 6.92 Å². The standard InChI is InChI=1S/C10H15N3O3/c1-7-10(15,2-5-16-7)6-13-8-9(14)12-4-3-11-8/h3-4,7,15H,2,5-6H2,1H3,(H,11,13)(H,12,14). The van der Waals surface area contributed by atoms with Gasteiger partial charge in [-0.3, -0.25) is 4.79 Å². The number of H-pyrrole nitrogens is 1. The van der Waals surface area contributed by atoms with Crippen molar-refractivity contribution in [2.45, 2.75) is 25.0 Å². The highest BCUT2D eigenvalue weighted by molar-refractivity contribution is 5.31. The van der Waals surface area contributed by atoms with Gasteiger partial charge in [-0.15, -0.1) is 0 Å². The molecule has 0 spiro atoms. The lowest BCUT2D eigenvalue weighted by molar-refractivity contribution is -0.0176. The van der Waals surface area contributed by atoms with Gasteiger partial charge in [0.2, 0.25) is 0 Å². The molecule has 0 aromatic carbocycles.